The SMILES string of the molecule is Bc1cc(C)c(-n2cc(C)c3c(N4CCC(COC)C(C)C4)nc(C)nc32)c(C)c1. The van der Waals surface area contributed by atoms with E-state index in [2.05, 4.69) is 63.3 Å². The van der Waals surface area contributed by atoms with Crippen LogP contribution in [0.5, 0.6) is 0 Å². The fourth-order valence-corrected chi connectivity index (χ4v) is 5.19. The molecule has 1 aliphatic heterocycles. The molecule has 0 radical (unpaired) electrons. The molecule has 0 aliphatic carbocycles. The monoisotopic (exact) mass is 404 g/mol. The van der Waals surface area contributed by atoms with E-state index in [-0.39, 0.29) is 0 Å². The van der Waals surface area contributed by atoms with Crippen LogP contribution in [-0.4, -0.2) is 49.2 Å². The highest BCUT2D eigenvalue weighted by Crippen LogP contribution is 2.35. The maximum Gasteiger partial charge on any atom is 0.150 e. The van der Waals surface area contributed by atoms with Crippen molar-refractivity contribution < 1.29 is 4.74 Å². The van der Waals surface area contributed by atoms with Crippen LogP contribution >= 0.6 is 0 Å². The number of ether oxygens (including phenoxy) is 1. The van der Waals surface area contributed by atoms with Crippen molar-refractivity contribution in [3.8, 4) is 5.69 Å². The van der Waals surface area contributed by atoms with Gasteiger partial charge in [0.2, 0.25) is 0 Å². The quantitative estimate of drug-likeness (QED) is 0.627. The van der Waals surface area contributed by atoms with Crippen molar-refractivity contribution in [2.24, 2.45) is 11.8 Å². The van der Waals surface area contributed by atoms with Gasteiger partial charge in [-0.25, -0.2) is 9.97 Å². The molecule has 1 fully saturated rings. The first kappa shape index (κ1) is 20.9. The average Bonchev–Trinajstić information content (AvgIpc) is 2.98. The predicted molar refractivity (Wildman–Crippen MR) is 127 cm³/mol. The number of piperidine rings is 1. The minimum Gasteiger partial charge on any atom is -0.384 e. The summed E-state index contributed by atoms with van der Waals surface area (Å²) in [6.45, 7) is 13.8. The topological polar surface area (TPSA) is 43.2 Å². The van der Waals surface area contributed by atoms with E-state index in [9.17, 15) is 0 Å². The van der Waals surface area contributed by atoms with Crippen LogP contribution in [0.1, 0.15) is 35.9 Å². The molecule has 4 rings (SSSR count). The van der Waals surface area contributed by atoms with E-state index in [1.165, 1.54) is 33.2 Å². The Morgan fingerprint density at radius 3 is 2.43 bits per heavy atom. The van der Waals surface area contributed by atoms with Gasteiger partial charge in [-0.15, -0.1) is 0 Å². The molecule has 3 aromatic rings. The lowest BCUT2D eigenvalue weighted by Crippen LogP contribution is -2.41. The number of aryl methyl sites for hydroxylation is 4. The van der Waals surface area contributed by atoms with Crippen LogP contribution < -0.4 is 10.4 Å². The first-order valence-electron chi connectivity index (χ1n) is 11.0. The van der Waals surface area contributed by atoms with E-state index in [1.807, 2.05) is 6.92 Å². The predicted octanol–water partition coefficient (Wildman–Crippen LogP) is 3.02. The van der Waals surface area contributed by atoms with E-state index in [1.54, 1.807) is 7.11 Å². The van der Waals surface area contributed by atoms with Gasteiger partial charge in [-0.1, -0.05) is 24.5 Å². The summed E-state index contributed by atoms with van der Waals surface area (Å²) in [7, 11) is 3.96. The van der Waals surface area contributed by atoms with Crippen LogP contribution in [0.15, 0.2) is 18.3 Å². The number of rotatable bonds is 4. The maximum atomic E-state index is 5.44. The van der Waals surface area contributed by atoms with E-state index in [4.69, 9.17) is 14.7 Å². The van der Waals surface area contributed by atoms with Gasteiger partial charge < -0.3 is 14.2 Å². The molecule has 0 spiro atoms. The van der Waals surface area contributed by atoms with Gasteiger partial charge in [0.05, 0.1) is 11.1 Å². The number of hydrogen-bond acceptors (Lipinski definition) is 4. The lowest BCUT2D eigenvalue weighted by atomic mass is 9.87. The molecule has 0 bridgehead atoms. The molecular formula is C24H33BN4O. The average molecular weight is 404 g/mol. The van der Waals surface area contributed by atoms with Gasteiger partial charge in [-0.3, -0.25) is 0 Å². The van der Waals surface area contributed by atoms with Gasteiger partial charge in [0, 0.05) is 33.0 Å². The molecule has 1 aromatic carbocycles. The second-order valence-corrected chi connectivity index (χ2v) is 9.15. The zero-order valence-corrected chi connectivity index (χ0v) is 19.4. The Balaban J connectivity index is 1.83. The van der Waals surface area contributed by atoms with Gasteiger partial charge in [0.25, 0.3) is 0 Å². The van der Waals surface area contributed by atoms with E-state index >= 15 is 0 Å². The van der Waals surface area contributed by atoms with Gasteiger partial charge in [0.15, 0.2) is 5.65 Å². The Morgan fingerprint density at radius 1 is 1.10 bits per heavy atom. The summed E-state index contributed by atoms with van der Waals surface area (Å²) >= 11 is 0. The van der Waals surface area contributed by atoms with Crippen LogP contribution in [0.3, 0.4) is 0 Å². The largest absolute Gasteiger partial charge is 0.384 e. The minimum absolute atomic E-state index is 0.577. The first-order chi connectivity index (χ1) is 14.3. The molecule has 1 aliphatic rings. The Kier molecular flexibility index (Phi) is 5.62. The Labute approximate surface area is 180 Å². The van der Waals surface area contributed by atoms with Crippen LogP contribution in [0.25, 0.3) is 16.7 Å². The van der Waals surface area contributed by atoms with Gasteiger partial charge in [-0.05, 0) is 62.6 Å². The smallest absolute Gasteiger partial charge is 0.150 e. The van der Waals surface area contributed by atoms with Gasteiger partial charge in [0.1, 0.15) is 19.5 Å². The van der Waals surface area contributed by atoms with Gasteiger partial charge in [-0.2, -0.15) is 0 Å². The highest BCUT2D eigenvalue weighted by atomic mass is 16.5. The number of hydrogen-bond donors (Lipinski definition) is 0. The second kappa shape index (κ2) is 8.07. The number of aromatic nitrogens is 3. The third kappa shape index (κ3) is 3.62. The third-order valence-corrected chi connectivity index (χ3v) is 6.57. The number of methoxy groups -OCH3 is 1. The Hall–Kier alpha value is -2.34. The van der Waals surface area contributed by atoms with Crippen LogP contribution in [0.4, 0.5) is 5.82 Å². The van der Waals surface area contributed by atoms with Crippen LogP contribution in [0, 0.1) is 39.5 Å². The Bertz CT molecular complexity index is 1070. The molecule has 0 saturated carbocycles. The standard InChI is InChI=1S/C24H33BN4O/c1-14-9-20(25)10-15(2)22(14)29-12-17(4)21-23(26-18(5)27-24(21)29)28-8-7-19(13-30-6)16(3)11-28/h9-10,12,16,19H,7-8,11,13,25H2,1-6H3. The van der Waals surface area contributed by atoms with Crippen molar-refractivity contribution in [1.82, 2.24) is 14.5 Å². The normalized spacial score (nSPS) is 19.6. The van der Waals surface area contributed by atoms with Crippen LogP contribution in [-0.2, 0) is 4.74 Å². The molecule has 30 heavy (non-hydrogen) atoms. The lowest BCUT2D eigenvalue weighted by molar-refractivity contribution is 0.112. The van der Waals surface area contributed by atoms with E-state index in [0.717, 1.165) is 43.4 Å². The van der Waals surface area contributed by atoms with E-state index in [0.29, 0.717) is 11.8 Å². The summed E-state index contributed by atoms with van der Waals surface area (Å²) in [5.41, 5.74) is 7.31. The van der Waals surface area contributed by atoms with E-state index < -0.39 is 0 Å². The number of benzene rings is 1. The number of anilines is 1. The molecule has 6 heteroatoms. The van der Waals surface area contributed by atoms with Crippen molar-refractivity contribution in [2.45, 2.75) is 41.0 Å². The Morgan fingerprint density at radius 2 is 1.80 bits per heavy atom. The lowest BCUT2D eigenvalue weighted by Gasteiger charge is -2.37. The second-order valence-electron chi connectivity index (χ2n) is 9.15. The fraction of sp³-hybridized carbons (Fsp3) is 0.500. The molecule has 158 valence electrons. The molecule has 2 aromatic heterocycles. The summed E-state index contributed by atoms with van der Waals surface area (Å²) in [5, 5.41) is 1.18. The molecular weight excluding hydrogens is 371 g/mol. The van der Waals surface area contributed by atoms with Crippen molar-refractivity contribution in [3.63, 3.8) is 0 Å². The van der Waals surface area contributed by atoms with Crippen molar-refractivity contribution >= 4 is 30.2 Å². The van der Waals surface area contributed by atoms with Crippen LogP contribution in [0.2, 0.25) is 0 Å². The minimum atomic E-state index is 0.577. The fourth-order valence-electron chi connectivity index (χ4n) is 5.19. The number of nitrogens with zero attached hydrogens (tertiary/aromatic N) is 4. The summed E-state index contributed by atoms with van der Waals surface area (Å²) in [6, 6.07) is 4.50. The summed E-state index contributed by atoms with van der Waals surface area (Å²) < 4.78 is 7.71. The molecule has 5 nitrogen and oxygen atoms in total. The highest BCUT2D eigenvalue weighted by molar-refractivity contribution is 6.32. The van der Waals surface area contributed by atoms with Crippen molar-refractivity contribution in [3.05, 3.63) is 40.8 Å². The molecule has 0 N–H and O–H groups in total. The summed E-state index contributed by atoms with van der Waals surface area (Å²) in [4.78, 5) is 12.3. The zero-order chi connectivity index (χ0) is 21.6. The first-order valence-corrected chi connectivity index (χ1v) is 11.0. The zero-order valence-electron chi connectivity index (χ0n) is 19.4. The molecule has 3 heterocycles. The number of fused-ring (bicyclic) bond motifs is 1. The maximum absolute atomic E-state index is 5.44. The third-order valence-electron chi connectivity index (χ3n) is 6.57. The molecule has 1 saturated heterocycles. The molecule has 2 unspecified atom stereocenters. The highest BCUT2D eigenvalue weighted by Gasteiger charge is 2.29. The summed E-state index contributed by atoms with van der Waals surface area (Å²) in [6.07, 6.45) is 3.36. The van der Waals surface area contributed by atoms with Gasteiger partial charge >= 0.3 is 0 Å². The van der Waals surface area contributed by atoms with Crippen molar-refractivity contribution in [2.75, 3.05) is 31.7 Å². The molecule has 0 amide bonds. The van der Waals surface area contributed by atoms with Crippen molar-refractivity contribution in [1.29, 1.82) is 0 Å². The summed E-state index contributed by atoms with van der Waals surface area (Å²) in [5.74, 6) is 3.10. The molecule has 2 atom stereocenters.